The molecule has 3 heteroatoms. The van der Waals surface area contributed by atoms with Crippen LogP contribution in [0.1, 0.15) is 39.5 Å². The van der Waals surface area contributed by atoms with Crippen molar-refractivity contribution in [3.8, 4) is 0 Å². The van der Waals surface area contributed by atoms with Gasteiger partial charge in [0.05, 0.1) is 0 Å². The first-order valence-corrected chi connectivity index (χ1v) is 5.88. The first kappa shape index (κ1) is 13.9. The van der Waals surface area contributed by atoms with Crippen LogP contribution in [0.5, 0.6) is 0 Å². The fourth-order valence-electron chi connectivity index (χ4n) is 1.59. The second-order valence-corrected chi connectivity index (χ2v) is 4.13. The lowest BCUT2D eigenvalue weighted by Crippen LogP contribution is -2.34. The molecule has 0 aromatic carbocycles. The minimum Gasteiger partial charge on any atom is -0.330 e. The van der Waals surface area contributed by atoms with Gasteiger partial charge in [0.1, 0.15) is 0 Å². The number of nitrogens with two attached hydrogens (primary N) is 2. The standard InChI is InChI=1S/C11H27N3/c1-3-11(6-8-13)14-9-10(2)5-4-7-12/h10-11,14H,3-9,12-13H2,1-2H3. The van der Waals surface area contributed by atoms with Crippen molar-refractivity contribution in [1.29, 1.82) is 0 Å². The van der Waals surface area contributed by atoms with Gasteiger partial charge in [-0.3, -0.25) is 0 Å². The predicted molar refractivity (Wildman–Crippen MR) is 63.2 cm³/mol. The van der Waals surface area contributed by atoms with Gasteiger partial charge in [-0.25, -0.2) is 0 Å². The molecule has 0 radical (unpaired) electrons. The van der Waals surface area contributed by atoms with E-state index in [0.717, 1.165) is 38.4 Å². The second-order valence-electron chi connectivity index (χ2n) is 4.13. The summed E-state index contributed by atoms with van der Waals surface area (Å²) in [6.07, 6.45) is 4.61. The summed E-state index contributed by atoms with van der Waals surface area (Å²) >= 11 is 0. The Balaban J connectivity index is 3.46. The molecular formula is C11H27N3. The average molecular weight is 201 g/mol. The molecule has 3 nitrogen and oxygen atoms in total. The minimum absolute atomic E-state index is 0.598. The van der Waals surface area contributed by atoms with Crippen LogP contribution in [0.15, 0.2) is 0 Å². The van der Waals surface area contributed by atoms with Crippen molar-refractivity contribution in [3.05, 3.63) is 0 Å². The van der Waals surface area contributed by atoms with E-state index in [2.05, 4.69) is 19.2 Å². The molecule has 0 heterocycles. The molecule has 5 N–H and O–H groups in total. The molecule has 0 aliphatic carbocycles. The van der Waals surface area contributed by atoms with E-state index >= 15 is 0 Å². The van der Waals surface area contributed by atoms with Crippen molar-refractivity contribution >= 4 is 0 Å². The quantitative estimate of drug-likeness (QED) is 0.523. The summed E-state index contributed by atoms with van der Waals surface area (Å²) in [5.74, 6) is 0.727. The Hall–Kier alpha value is -0.120. The van der Waals surface area contributed by atoms with Gasteiger partial charge in [-0.05, 0) is 51.2 Å². The van der Waals surface area contributed by atoms with Crippen LogP contribution < -0.4 is 16.8 Å². The molecule has 2 unspecified atom stereocenters. The highest BCUT2D eigenvalue weighted by molar-refractivity contribution is 4.67. The van der Waals surface area contributed by atoms with Crippen molar-refractivity contribution in [2.45, 2.75) is 45.6 Å². The molecule has 0 rings (SSSR count). The Bertz CT molecular complexity index is 117. The summed E-state index contributed by atoms with van der Waals surface area (Å²) in [5.41, 5.74) is 11.0. The molecule has 0 saturated carbocycles. The zero-order chi connectivity index (χ0) is 10.8. The minimum atomic E-state index is 0.598. The van der Waals surface area contributed by atoms with E-state index in [1.165, 1.54) is 12.8 Å². The van der Waals surface area contributed by atoms with Gasteiger partial charge in [0.2, 0.25) is 0 Å². The molecule has 0 spiro atoms. The second kappa shape index (κ2) is 9.44. The maximum absolute atomic E-state index is 5.54. The molecule has 0 aliphatic heterocycles. The van der Waals surface area contributed by atoms with E-state index in [4.69, 9.17) is 11.5 Å². The molecule has 0 aliphatic rings. The number of nitrogens with one attached hydrogen (secondary N) is 1. The van der Waals surface area contributed by atoms with Crippen molar-refractivity contribution in [1.82, 2.24) is 5.32 Å². The van der Waals surface area contributed by atoms with Crippen LogP contribution in [-0.2, 0) is 0 Å². The zero-order valence-electron chi connectivity index (χ0n) is 9.76. The molecule has 0 saturated heterocycles. The highest BCUT2D eigenvalue weighted by atomic mass is 14.9. The van der Waals surface area contributed by atoms with Crippen molar-refractivity contribution in [2.75, 3.05) is 19.6 Å². The maximum atomic E-state index is 5.54. The maximum Gasteiger partial charge on any atom is 0.00765 e. The van der Waals surface area contributed by atoms with E-state index in [-0.39, 0.29) is 0 Å². The molecular weight excluding hydrogens is 174 g/mol. The summed E-state index contributed by atoms with van der Waals surface area (Å²) in [5, 5.41) is 3.56. The highest BCUT2D eigenvalue weighted by Crippen LogP contribution is 2.04. The van der Waals surface area contributed by atoms with Crippen molar-refractivity contribution < 1.29 is 0 Å². The largest absolute Gasteiger partial charge is 0.330 e. The fraction of sp³-hybridized carbons (Fsp3) is 1.00. The van der Waals surface area contributed by atoms with Gasteiger partial charge in [0.25, 0.3) is 0 Å². The smallest absolute Gasteiger partial charge is 0.00765 e. The molecule has 2 atom stereocenters. The summed E-state index contributed by atoms with van der Waals surface area (Å²) in [4.78, 5) is 0. The fourth-order valence-corrected chi connectivity index (χ4v) is 1.59. The molecule has 0 bridgehead atoms. The predicted octanol–water partition coefficient (Wildman–Crippen LogP) is 1.08. The molecule has 0 aromatic rings. The third kappa shape index (κ3) is 7.30. The first-order valence-electron chi connectivity index (χ1n) is 5.88. The Kier molecular flexibility index (Phi) is 9.35. The van der Waals surface area contributed by atoms with Gasteiger partial charge in [-0.15, -0.1) is 0 Å². The molecule has 0 amide bonds. The summed E-state index contributed by atoms with van der Waals surface area (Å²) in [6.45, 7) is 7.17. The normalized spacial score (nSPS) is 15.4. The van der Waals surface area contributed by atoms with Crippen LogP contribution in [0, 0.1) is 5.92 Å². The third-order valence-electron chi connectivity index (χ3n) is 2.66. The van der Waals surface area contributed by atoms with Crippen LogP contribution >= 0.6 is 0 Å². The van der Waals surface area contributed by atoms with Crippen LogP contribution in [0.2, 0.25) is 0 Å². The van der Waals surface area contributed by atoms with Gasteiger partial charge < -0.3 is 16.8 Å². The van der Waals surface area contributed by atoms with Crippen LogP contribution in [0.4, 0.5) is 0 Å². The van der Waals surface area contributed by atoms with Gasteiger partial charge in [0.15, 0.2) is 0 Å². The van der Waals surface area contributed by atoms with Crippen LogP contribution in [0.25, 0.3) is 0 Å². The summed E-state index contributed by atoms with van der Waals surface area (Å²) < 4.78 is 0. The van der Waals surface area contributed by atoms with E-state index < -0.39 is 0 Å². The summed E-state index contributed by atoms with van der Waals surface area (Å²) in [7, 11) is 0. The number of rotatable bonds is 9. The molecule has 0 aromatic heterocycles. The lowest BCUT2D eigenvalue weighted by atomic mass is 10.0. The van der Waals surface area contributed by atoms with E-state index in [1.807, 2.05) is 0 Å². The summed E-state index contributed by atoms with van der Waals surface area (Å²) in [6, 6.07) is 0.598. The Labute approximate surface area is 88.6 Å². The average Bonchev–Trinajstić information content (AvgIpc) is 2.21. The van der Waals surface area contributed by atoms with E-state index in [9.17, 15) is 0 Å². The molecule has 0 fully saturated rings. The van der Waals surface area contributed by atoms with E-state index in [1.54, 1.807) is 0 Å². The van der Waals surface area contributed by atoms with Crippen molar-refractivity contribution in [2.24, 2.45) is 17.4 Å². The molecule has 86 valence electrons. The van der Waals surface area contributed by atoms with Crippen LogP contribution in [0.3, 0.4) is 0 Å². The Morgan fingerprint density at radius 2 is 1.86 bits per heavy atom. The van der Waals surface area contributed by atoms with Gasteiger partial charge in [-0.2, -0.15) is 0 Å². The number of hydrogen-bond donors (Lipinski definition) is 3. The van der Waals surface area contributed by atoms with Gasteiger partial charge >= 0.3 is 0 Å². The Morgan fingerprint density at radius 1 is 1.14 bits per heavy atom. The highest BCUT2D eigenvalue weighted by Gasteiger charge is 2.06. The monoisotopic (exact) mass is 201 g/mol. The topological polar surface area (TPSA) is 64.1 Å². The lowest BCUT2D eigenvalue weighted by molar-refractivity contribution is 0.403. The first-order chi connectivity index (χ1) is 6.74. The van der Waals surface area contributed by atoms with Crippen molar-refractivity contribution in [3.63, 3.8) is 0 Å². The van der Waals surface area contributed by atoms with Gasteiger partial charge in [0, 0.05) is 6.04 Å². The van der Waals surface area contributed by atoms with E-state index in [0.29, 0.717) is 6.04 Å². The molecule has 14 heavy (non-hydrogen) atoms. The number of hydrogen-bond acceptors (Lipinski definition) is 3. The zero-order valence-corrected chi connectivity index (χ0v) is 9.76. The Morgan fingerprint density at radius 3 is 2.36 bits per heavy atom. The third-order valence-corrected chi connectivity index (χ3v) is 2.66. The van der Waals surface area contributed by atoms with Gasteiger partial charge in [-0.1, -0.05) is 13.8 Å². The lowest BCUT2D eigenvalue weighted by Gasteiger charge is -2.19. The van der Waals surface area contributed by atoms with Crippen LogP contribution in [-0.4, -0.2) is 25.7 Å². The SMILES string of the molecule is CCC(CCN)NCC(C)CCCN.